The molecule has 0 spiro atoms. The van der Waals surface area contributed by atoms with Gasteiger partial charge in [-0.15, -0.1) is 0 Å². The number of carbonyl (C=O) groups excluding carboxylic acids is 2. The highest BCUT2D eigenvalue weighted by atomic mass is 35.5. The second-order valence-corrected chi connectivity index (χ2v) is 5.62. The summed E-state index contributed by atoms with van der Waals surface area (Å²) in [6.07, 6.45) is 0. The smallest absolute Gasteiger partial charge is 0.260 e. The number of amides is 2. The number of benzene rings is 2. The molecule has 0 fully saturated rings. The molecule has 126 valence electrons. The summed E-state index contributed by atoms with van der Waals surface area (Å²) >= 11 is 5.85. The van der Waals surface area contributed by atoms with E-state index in [4.69, 9.17) is 22.1 Å². The number of rotatable bonds is 7. The topological polar surface area (TPSA) is 72.6 Å². The summed E-state index contributed by atoms with van der Waals surface area (Å²) in [5.74, 6) is -0.584. The molecule has 2 rings (SSSR count). The van der Waals surface area contributed by atoms with Crippen LogP contribution in [0, 0.1) is 0 Å². The van der Waals surface area contributed by atoms with Crippen molar-refractivity contribution >= 4 is 23.4 Å². The molecular weight excluding hydrogens is 328 g/mol. The lowest BCUT2D eigenvalue weighted by Gasteiger charge is -2.21. The average Bonchev–Trinajstić information content (AvgIpc) is 2.59. The molecule has 2 N–H and O–H groups in total. The molecular formula is C18H19ClN2O3. The van der Waals surface area contributed by atoms with Gasteiger partial charge in [-0.1, -0.05) is 41.9 Å². The van der Waals surface area contributed by atoms with Crippen LogP contribution in [0.1, 0.15) is 22.8 Å². The zero-order chi connectivity index (χ0) is 17.5. The summed E-state index contributed by atoms with van der Waals surface area (Å²) in [5, 5.41) is 0.377. The molecule has 24 heavy (non-hydrogen) atoms. The van der Waals surface area contributed by atoms with E-state index in [1.54, 1.807) is 11.0 Å². The first-order chi connectivity index (χ1) is 11.5. The third kappa shape index (κ3) is 4.73. The molecule has 0 aliphatic heterocycles. The molecule has 0 bridgehead atoms. The highest BCUT2D eigenvalue weighted by molar-refractivity contribution is 6.31. The first kappa shape index (κ1) is 17.8. The maximum Gasteiger partial charge on any atom is 0.260 e. The Morgan fingerprint density at radius 2 is 1.88 bits per heavy atom. The van der Waals surface area contributed by atoms with Gasteiger partial charge in [0, 0.05) is 18.1 Å². The predicted molar refractivity (Wildman–Crippen MR) is 93.0 cm³/mol. The Morgan fingerprint density at radius 1 is 1.17 bits per heavy atom. The van der Waals surface area contributed by atoms with Gasteiger partial charge in [0.05, 0.1) is 5.56 Å². The van der Waals surface area contributed by atoms with Crippen molar-refractivity contribution in [2.75, 3.05) is 13.2 Å². The van der Waals surface area contributed by atoms with E-state index in [0.29, 0.717) is 18.1 Å². The zero-order valence-electron chi connectivity index (χ0n) is 13.4. The monoisotopic (exact) mass is 346 g/mol. The van der Waals surface area contributed by atoms with Crippen LogP contribution in [0.25, 0.3) is 0 Å². The normalized spacial score (nSPS) is 10.2. The minimum Gasteiger partial charge on any atom is -0.483 e. The fourth-order valence-corrected chi connectivity index (χ4v) is 2.40. The van der Waals surface area contributed by atoms with Crippen molar-refractivity contribution in [1.82, 2.24) is 4.90 Å². The number of primary amides is 1. The second kappa shape index (κ2) is 8.36. The summed E-state index contributed by atoms with van der Waals surface area (Å²) in [5.41, 5.74) is 6.50. The lowest BCUT2D eigenvalue weighted by molar-refractivity contribution is -0.133. The Bertz CT molecular complexity index is 719. The standard InChI is InChI=1S/C18H19ClN2O3/c1-2-21(11-13-6-4-3-5-7-13)17(22)12-24-16-9-8-14(19)10-15(16)18(20)23/h3-10H,2,11-12H2,1H3,(H2,20,23). The van der Waals surface area contributed by atoms with Gasteiger partial charge in [0.15, 0.2) is 6.61 Å². The van der Waals surface area contributed by atoms with Crippen LogP contribution in [0.15, 0.2) is 48.5 Å². The Morgan fingerprint density at radius 3 is 2.50 bits per heavy atom. The van der Waals surface area contributed by atoms with Gasteiger partial charge in [0.2, 0.25) is 0 Å². The van der Waals surface area contributed by atoms with Crippen molar-refractivity contribution < 1.29 is 14.3 Å². The minimum atomic E-state index is -0.656. The summed E-state index contributed by atoms with van der Waals surface area (Å²) < 4.78 is 5.49. The fraction of sp³-hybridized carbons (Fsp3) is 0.222. The molecule has 6 heteroatoms. The first-order valence-corrected chi connectivity index (χ1v) is 7.93. The van der Waals surface area contributed by atoms with Crippen molar-refractivity contribution in [2.45, 2.75) is 13.5 Å². The van der Waals surface area contributed by atoms with E-state index in [0.717, 1.165) is 5.56 Å². The van der Waals surface area contributed by atoms with Crippen molar-refractivity contribution in [2.24, 2.45) is 5.73 Å². The second-order valence-electron chi connectivity index (χ2n) is 5.19. The van der Waals surface area contributed by atoms with Gasteiger partial charge >= 0.3 is 0 Å². The van der Waals surface area contributed by atoms with Crippen LogP contribution in [0.2, 0.25) is 5.02 Å². The molecule has 0 saturated carbocycles. The van der Waals surface area contributed by atoms with E-state index in [1.807, 2.05) is 37.3 Å². The largest absolute Gasteiger partial charge is 0.483 e. The third-order valence-corrected chi connectivity index (χ3v) is 3.74. The number of nitrogens with zero attached hydrogens (tertiary/aromatic N) is 1. The summed E-state index contributed by atoms with van der Waals surface area (Å²) in [6.45, 7) is 2.78. The highest BCUT2D eigenvalue weighted by Crippen LogP contribution is 2.22. The lowest BCUT2D eigenvalue weighted by Crippen LogP contribution is -2.34. The molecule has 0 aliphatic carbocycles. The van der Waals surface area contributed by atoms with Crippen LogP contribution in [0.4, 0.5) is 0 Å². The van der Waals surface area contributed by atoms with Gasteiger partial charge in [0.25, 0.3) is 11.8 Å². The van der Waals surface area contributed by atoms with E-state index in [9.17, 15) is 9.59 Å². The first-order valence-electron chi connectivity index (χ1n) is 7.55. The van der Waals surface area contributed by atoms with Gasteiger partial charge in [0.1, 0.15) is 5.75 Å². The maximum atomic E-state index is 12.4. The van der Waals surface area contributed by atoms with Gasteiger partial charge in [-0.25, -0.2) is 0 Å². The van der Waals surface area contributed by atoms with Crippen molar-refractivity contribution in [3.8, 4) is 5.75 Å². The van der Waals surface area contributed by atoms with E-state index < -0.39 is 5.91 Å². The highest BCUT2D eigenvalue weighted by Gasteiger charge is 2.15. The van der Waals surface area contributed by atoms with Crippen LogP contribution in [0.3, 0.4) is 0 Å². The lowest BCUT2D eigenvalue weighted by atomic mass is 10.2. The molecule has 0 aromatic heterocycles. The summed E-state index contributed by atoms with van der Waals surface area (Å²) in [6, 6.07) is 14.2. The van der Waals surface area contributed by atoms with Crippen LogP contribution in [-0.2, 0) is 11.3 Å². The number of likely N-dealkylation sites (N-methyl/N-ethyl adjacent to an activating group) is 1. The van der Waals surface area contributed by atoms with E-state index in [-0.39, 0.29) is 23.8 Å². The summed E-state index contributed by atoms with van der Waals surface area (Å²) in [7, 11) is 0. The van der Waals surface area contributed by atoms with E-state index in [1.165, 1.54) is 12.1 Å². The quantitative estimate of drug-likeness (QED) is 0.837. The number of ether oxygens (including phenoxy) is 1. The molecule has 2 amide bonds. The van der Waals surface area contributed by atoms with Gasteiger partial charge in [-0.05, 0) is 30.7 Å². The SMILES string of the molecule is CCN(Cc1ccccc1)C(=O)COc1ccc(Cl)cc1C(N)=O. The van der Waals surface area contributed by atoms with Crippen molar-refractivity contribution in [1.29, 1.82) is 0 Å². The zero-order valence-corrected chi connectivity index (χ0v) is 14.1. The fourth-order valence-electron chi connectivity index (χ4n) is 2.23. The molecule has 0 aliphatic rings. The van der Waals surface area contributed by atoms with Crippen LogP contribution < -0.4 is 10.5 Å². The molecule has 2 aromatic rings. The van der Waals surface area contributed by atoms with Crippen LogP contribution in [0.5, 0.6) is 5.75 Å². The molecule has 0 radical (unpaired) electrons. The predicted octanol–water partition coefficient (Wildman–Crippen LogP) is 2.87. The molecule has 2 aromatic carbocycles. The minimum absolute atomic E-state index is 0.154. The Labute approximate surface area is 146 Å². The average molecular weight is 347 g/mol. The molecule has 0 unspecified atom stereocenters. The van der Waals surface area contributed by atoms with Crippen LogP contribution in [-0.4, -0.2) is 29.9 Å². The molecule has 0 atom stereocenters. The van der Waals surface area contributed by atoms with Gasteiger partial charge in [-0.3, -0.25) is 9.59 Å². The third-order valence-electron chi connectivity index (χ3n) is 3.51. The van der Waals surface area contributed by atoms with Gasteiger partial charge in [-0.2, -0.15) is 0 Å². The number of hydrogen-bond donors (Lipinski definition) is 1. The number of hydrogen-bond acceptors (Lipinski definition) is 3. The summed E-state index contributed by atoms with van der Waals surface area (Å²) in [4.78, 5) is 25.5. The Hall–Kier alpha value is -2.53. The van der Waals surface area contributed by atoms with Crippen molar-refractivity contribution in [3.63, 3.8) is 0 Å². The molecule has 5 nitrogen and oxygen atoms in total. The van der Waals surface area contributed by atoms with Gasteiger partial charge < -0.3 is 15.4 Å². The molecule has 0 saturated heterocycles. The number of carbonyl (C=O) groups is 2. The van der Waals surface area contributed by atoms with Crippen molar-refractivity contribution in [3.05, 3.63) is 64.7 Å². The number of nitrogens with two attached hydrogens (primary N) is 1. The molecule has 0 heterocycles. The number of halogens is 1. The Kier molecular flexibility index (Phi) is 6.21. The van der Waals surface area contributed by atoms with E-state index in [2.05, 4.69) is 0 Å². The van der Waals surface area contributed by atoms with E-state index >= 15 is 0 Å². The maximum absolute atomic E-state index is 12.4. The van der Waals surface area contributed by atoms with Crippen LogP contribution >= 0.6 is 11.6 Å². The Balaban J connectivity index is 2.02.